The fourth-order valence-electron chi connectivity index (χ4n) is 3.92. The van der Waals surface area contributed by atoms with Crippen LogP contribution in [0.5, 0.6) is 0 Å². The predicted octanol–water partition coefficient (Wildman–Crippen LogP) is 5.71. The third-order valence-electron chi connectivity index (χ3n) is 6.60. The molecule has 0 radical (unpaired) electrons. The van der Waals surface area contributed by atoms with Gasteiger partial charge in [-0.05, 0) is 46.2 Å². The smallest absolute Gasteiger partial charge is 0.333 e. The lowest BCUT2D eigenvalue weighted by molar-refractivity contribution is -0.190. The van der Waals surface area contributed by atoms with Crippen molar-refractivity contribution in [3.05, 3.63) is 24.3 Å². The van der Waals surface area contributed by atoms with Gasteiger partial charge < -0.3 is 13.9 Å². The Labute approximate surface area is 185 Å². The van der Waals surface area contributed by atoms with Crippen LogP contribution in [0, 0.1) is 0 Å². The van der Waals surface area contributed by atoms with Gasteiger partial charge in [0.15, 0.2) is 7.83 Å². The van der Waals surface area contributed by atoms with Crippen LogP contribution in [-0.4, -0.2) is 45.2 Å². The van der Waals surface area contributed by atoms with Crippen molar-refractivity contribution >= 4 is 27.4 Å². The minimum Gasteiger partial charge on any atom is -0.456 e. The standard InChI is InChI=1S/C23H42O5Si2/c1-11-13-19(26-21(24)17(3)4)23(15-16-29(7,8)30(9,10)28-23)20(14-12-2)27-22(25)18(5)6/h19-20H,3,5,11-16H2,1-2,4,6-10H3. The van der Waals surface area contributed by atoms with E-state index < -0.39 is 45.2 Å². The molecule has 0 bridgehead atoms. The van der Waals surface area contributed by atoms with E-state index in [1.54, 1.807) is 13.8 Å². The SMILES string of the molecule is C=C(C)C(=O)OC(CCC)C1(C(CCC)OC(=O)C(=C)C)CC[Si](C)(C)[Si](C)(C)O1. The first-order valence-corrected chi connectivity index (χ1v) is 18.3. The van der Waals surface area contributed by atoms with Gasteiger partial charge in [0.1, 0.15) is 17.8 Å². The van der Waals surface area contributed by atoms with Crippen LogP contribution in [0.1, 0.15) is 59.8 Å². The molecule has 30 heavy (non-hydrogen) atoms. The molecule has 0 amide bonds. The van der Waals surface area contributed by atoms with Gasteiger partial charge in [0.25, 0.3) is 0 Å². The Morgan fingerprint density at radius 1 is 0.933 bits per heavy atom. The second-order valence-corrected chi connectivity index (χ2v) is 25.0. The molecule has 1 heterocycles. The van der Waals surface area contributed by atoms with E-state index in [1.165, 1.54) is 0 Å². The molecule has 2 unspecified atom stereocenters. The number of ether oxygens (including phenoxy) is 2. The Balaban J connectivity index is 3.55. The Bertz CT molecular complexity index is 631. The molecule has 5 nitrogen and oxygen atoms in total. The van der Waals surface area contributed by atoms with Gasteiger partial charge >= 0.3 is 11.9 Å². The lowest BCUT2D eigenvalue weighted by Crippen LogP contribution is -2.71. The summed E-state index contributed by atoms with van der Waals surface area (Å²) in [5.41, 5.74) is -0.112. The maximum absolute atomic E-state index is 12.5. The number of carbonyl (C=O) groups is 2. The van der Waals surface area contributed by atoms with Crippen LogP contribution < -0.4 is 0 Å². The molecule has 0 aromatic rings. The summed E-state index contributed by atoms with van der Waals surface area (Å²) in [6, 6.07) is 1.06. The van der Waals surface area contributed by atoms with Gasteiger partial charge in [0.05, 0.1) is 7.59 Å². The van der Waals surface area contributed by atoms with Crippen LogP contribution in [0.15, 0.2) is 24.3 Å². The normalized spacial score (nSPS) is 24.4. The fraction of sp³-hybridized carbons (Fsp3) is 0.739. The fourth-order valence-corrected chi connectivity index (χ4v) is 10.7. The largest absolute Gasteiger partial charge is 0.456 e. The topological polar surface area (TPSA) is 61.8 Å². The summed E-state index contributed by atoms with van der Waals surface area (Å²) in [7, 11) is -3.65. The minimum atomic E-state index is -2.08. The highest BCUT2D eigenvalue weighted by Gasteiger charge is 2.60. The summed E-state index contributed by atoms with van der Waals surface area (Å²) < 4.78 is 19.0. The summed E-state index contributed by atoms with van der Waals surface area (Å²) >= 11 is 0. The molecule has 0 aliphatic carbocycles. The zero-order chi connectivity index (χ0) is 23.3. The van der Waals surface area contributed by atoms with Crippen molar-refractivity contribution in [2.75, 3.05) is 0 Å². The molecule has 1 rings (SSSR count). The van der Waals surface area contributed by atoms with E-state index >= 15 is 0 Å². The van der Waals surface area contributed by atoms with Gasteiger partial charge in [-0.2, -0.15) is 0 Å². The highest BCUT2D eigenvalue weighted by molar-refractivity contribution is 7.38. The average molecular weight is 455 g/mol. The zero-order valence-corrected chi connectivity index (χ0v) is 22.4. The average Bonchev–Trinajstić information content (AvgIpc) is 2.63. The van der Waals surface area contributed by atoms with Crippen molar-refractivity contribution in [3.8, 4) is 0 Å². The van der Waals surface area contributed by atoms with E-state index in [9.17, 15) is 9.59 Å². The van der Waals surface area contributed by atoms with Crippen LogP contribution in [0.2, 0.25) is 32.2 Å². The van der Waals surface area contributed by atoms with Gasteiger partial charge in [-0.3, -0.25) is 0 Å². The highest BCUT2D eigenvalue weighted by atomic mass is 29.3. The summed E-state index contributed by atoms with van der Waals surface area (Å²) in [5, 5.41) is 0. The van der Waals surface area contributed by atoms with Crippen molar-refractivity contribution in [2.45, 2.75) is 110 Å². The van der Waals surface area contributed by atoms with Crippen LogP contribution in [0.4, 0.5) is 0 Å². The molecule has 7 heteroatoms. The van der Waals surface area contributed by atoms with Gasteiger partial charge in [-0.1, -0.05) is 59.0 Å². The molecular formula is C23H42O5Si2. The highest BCUT2D eigenvalue weighted by Crippen LogP contribution is 2.46. The van der Waals surface area contributed by atoms with Crippen molar-refractivity contribution < 1.29 is 23.5 Å². The maximum atomic E-state index is 12.5. The van der Waals surface area contributed by atoms with E-state index in [0.29, 0.717) is 24.0 Å². The van der Waals surface area contributed by atoms with Crippen LogP contribution in [-0.2, 0) is 23.5 Å². The predicted molar refractivity (Wildman–Crippen MR) is 127 cm³/mol. The number of carbonyl (C=O) groups excluding carboxylic acids is 2. The first kappa shape index (κ1) is 26.8. The third-order valence-corrected chi connectivity index (χ3v) is 23.1. The minimum absolute atomic E-state index is 0.360. The molecular weight excluding hydrogens is 412 g/mol. The summed E-state index contributed by atoms with van der Waals surface area (Å²) in [6.07, 6.45) is 2.71. The van der Waals surface area contributed by atoms with Crippen LogP contribution >= 0.6 is 0 Å². The zero-order valence-electron chi connectivity index (χ0n) is 20.4. The van der Waals surface area contributed by atoms with Gasteiger partial charge in [-0.25, -0.2) is 9.59 Å². The van der Waals surface area contributed by atoms with Crippen LogP contribution in [0.25, 0.3) is 0 Å². The van der Waals surface area contributed by atoms with E-state index in [4.69, 9.17) is 13.9 Å². The summed E-state index contributed by atoms with van der Waals surface area (Å²) in [6.45, 7) is 24.2. The van der Waals surface area contributed by atoms with Gasteiger partial charge in [-0.15, -0.1) is 0 Å². The molecule has 2 atom stereocenters. The van der Waals surface area contributed by atoms with Crippen molar-refractivity contribution in [2.24, 2.45) is 0 Å². The molecule has 172 valence electrons. The molecule has 0 aromatic heterocycles. The molecule has 0 saturated carbocycles. The van der Waals surface area contributed by atoms with E-state index in [1.807, 2.05) is 0 Å². The number of esters is 2. The summed E-state index contributed by atoms with van der Waals surface area (Å²) in [4.78, 5) is 25.1. The maximum Gasteiger partial charge on any atom is 0.333 e. The van der Waals surface area contributed by atoms with Gasteiger partial charge in [0, 0.05) is 11.1 Å². The molecule has 0 aromatic carbocycles. The molecule has 1 fully saturated rings. The van der Waals surface area contributed by atoms with Gasteiger partial charge in [0.2, 0.25) is 0 Å². The third kappa shape index (κ3) is 5.95. The second kappa shape index (κ2) is 10.4. The Morgan fingerprint density at radius 2 is 1.33 bits per heavy atom. The number of hydrogen-bond donors (Lipinski definition) is 0. The molecule has 1 aliphatic rings. The Hall–Kier alpha value is -1.19. The first-order valence-electron chi connectivity index (χ1n) is 11.2. The number of hydrogen-bond acceptors (Lipinski definition) is 5. The molecule has 0 spiro atoms. The van der Waals surface area contributed by atoms with Crippen molar-refractivity contribution in [1.29, 1.82) is 0 Å². The Morgan fingerprint density at radius 3 is 1.63 bits per heavy atom. The number of rotatable bonds is 10. The summed E-state index contributed by atoms with van der Waals surface area (Å²) in [5.74, 6) is -0.834. The van der Waals surface area contributed by atoms with Crippen molar-refractivity contribution in [3.63, 3.8) is 0 Å². The van der Waals surface area contributed by atoms with E-state index in [2.05, 4.69) is 53.2 Å². The quantitative estimate of drug-likeness (QED) is 0.240. The van der Waals surface area contributed by atoms with E-state index in [-0.39, 0.29) is 0 Å². The lowest BCUT2D eigenvalue weighted by Gasteiger charge is -2.56. The van der Waals surface area contributed by atoms with Crippen LogP contribution in [0.3, 0.4) is 0 Å². The van der Waals surface area contributed by atoms with Crippen molar-refractivity contribution in [1.82, 2.24) is 0 Å². The first-order chi connectivity index (χ1) is 13.7. The van der Waals surface area contributed by atoms with E-state index in [0.717, 1.165) is 25.3 Å². The second-order valence-electron chi connectivity index (χ2n) is 9.88. The lowest BCUT2D eigenvalue weighted by atomic mass is 9.82. The molecule has 0 N–H and O–H groups in total. The Kier molecular flexibility index (Phi) is 9.32. The molecule has 1 aliphatic heterocycles. The monoisotopic (exact) mass is 454 g/mol. The molecule has 1 saturated heterocycles.